The van der Waals surface area contributed by atoms with Crippen LogP contribution in [0.5, 0.6) is 0 Å². The van der Waals surface area contributed by atoms with E-state index in [1.165, 1.54) is 0 Å². The number of rotatable bonds is 7. The summed E-state index contributed by atoms with van der Waals surface area (Å²) in [7, 11) is -3.59. The molecule has 1 amide bonds. The molecule has 2 aromatic carbocycles. The summed E-state index contributed by atoms with van der Waals surface area (Å²) in [4.78, 5) is 12.7. The van der Waals surface area contributed by atoms with Crippen LogP contribution in [0.3, 0.4) is 0 Å². The predicted molar refractivity (Wildman–Crippen MR) is 111 cm³/mol. The van der Waals surface area contributed by atoms with E-state index in [9.17, 15) is 13.2 Å². The molecule has 4 rings (SSSR count). The summed E-state index contributed by atoms with van der Waals surface area (Å²) in [5.74, 6) is 0.316. The van der Waals surface area contributed by atoms with E-state index in [2.05, 4.69) is 10.0 Å². The number of benzene rings is 2. The Labute approximate surface area is 168 Å². The molecular weight excluding hydrogens is 392 g/mol. The van der Waals surface area contributed by atoms with Crippen LogP contribution >= 0.6 is 11.3 Å². The van der Waals surface area contributed by atoms with E-state index in [4.69, 9.17) is 0 Å². The first-order valence-corrected chi connectivity index (χ1v) is 11.4. The van der Waals surface area contributed by atoms with Crippen molar-refractivity contribution >= 4 is 33.0 Å². The van der Waals surface area contributed by atoms with Crippen LogP contribution in [0.2, 0.25) is 0 Å². The number of hydrogen-bond donors (Lipinski definition) is 2. The molecule has 1 aliphatic carbocycles. The second kappa shape index (κ2) is 7.77. The minimum absolute atomic E-state index is 0.00529. The molecule has 1 aromatic heterocycles. The molecule has 0 radical (unpaired) electrons. The molecule has 28 heavy (non-hydrogen) atoms. The number of carbonyl (C=O) groups excluding carboxylic acids is 1. The Balaban J connectivity index is 1.45. The molecule has 1 fully saturated rings. The summed E-state index contributed by atoms with van der Waals surface area (Å²) in [6, 6.07) is 19.7. The average molecular weight is 413 g/mol. The molecular formula is C21H20N2O3S2. The number of nitrogens with one attached hydrogen (secondary N) is 2. The Bertz CT molecular complexity index is 1040. The summed E-state index contributed by atoms with van der Waals surface area (Å²) in [6.45, 7) is 0. The molecule has 0 bridgehead atoms. The molecule has 1 saturated carbocycles. The van der Waals surface area contributed by atoms with Crippen molar-refractivity contribution in [2.45, 2.75) is 23.1 Å². The second-order valence-electron chi connectivity index (χ2n) is 6.81. The summed E-state index contributed by atoms with van der Waals surface area (Å²) in [5.41, 5.74) is 2.03. The van der Waals surface area contributed by atoms with Gasteiger partial charge in [-0.25, -0.2) is 8.42 Å². The number of thiophene rings is 1. The Morgan fingerprint density at radius 3 is 2.29 bits per heavy atom. The zero-order chi connectivity index (χ0) is 19.6. The predicted octanol–water partition coefficient (Wildman–Crippen LogP) is 4.43. The van der Waals surface area contributed by atoms with Crippen molar-refractivity contribution in [3.63, 3.8) is 0 Å². The largest absolute Gasteiger partial charge is 0.345 e. The highest BCUT2D eigenvalue weighted by molar-refractivity contribution is 7.94. The summed E-state index contributed by atoms with van der Waals surface area (Å²) in [6.07, 6.45) is 2.23. The quantitative estimate of drug-likeness (QED) is 0.603. The van der Waals surface area contributed by atoms with E-state index in [0.29, 0.717) is 17.2 Å². The van der Waals surface area contributed by atoms with Crippen molar-refractivity contribution in [3.05, 3.63) is 83.2 Å². The number of sulfonamides is 1. The lowest BCUT2D eigenvalue weighted by molar-refractivity contribution is 0.0931. The van der Waals surface area contributed by atoms with Crippen LogP contribution in [0.1, 0.15) is 34.8 Å². The third-order valence-electron chi connectivity index (χ3n) is 4.70. The standard InChI is InChI=1S/C21H20N2O3S2/c24-21(22-20(16-8-9-16)15-5-2-1-3-6-15)17-10-12-18(13-11-17)23-28(25,26)19-7-4-14-27-19/h1-7,10-14,16,20,23H,8-9H2,(H,22,24). The van der Waals surface area contributed by atoms with Gasteiger partial charge in [0.25, 0.3) is 15.9 Å². The lowest BCUT2D eigenvalue weighted by atomic mass is 10.0. The molecule has 0 spiro atoms. The molecule has 0 saturated heterocycles. The van der Waals surface area contributed by atoms with Gasteiger partial charge in [0.15, 0.2) is 0 Å². The fraction of sp³-hybridized carbons (Fsp3) is 0.190. The van der Waals surface area contributed by atoms with Crippen molar-refractivity contribution in [3.8, 4) is 0 Å². The Kier molecular flexibility index (Phi) is 5.19. The van der Waals surface area contributed by atoms with Crippen LogP contribution in [0.15, 0.2) is 76.3 Å². The smallest absolute Gasteiger partial charge is 0.271 e. The van der Waals surface area contributed by atoms with E-state index in [-0.39, 0.29) is 16.2 Å². The maximum atomic E-state index is 12.7. The van der Waals surface area contributed by atoms with E-state index < -0.39 is 10.0 Å². The van der Waals surface area contributed by atoms with E-state index in [0.717, 1.165) is 29.7 Å². The van der Waals surface area contributed by atoms with Gasteiger partial charge >= 0.3 is 0 Å². The number of hydrogen-bond acceptors (Lipinski definition) is 4. The lowest BCUT2D eigenvalue weighted by Crippen LogP contribution is -2.29. The zero-order valence-corrected chi connectivity index (χ0v) is 16.7. The van der Waals surface area contributed by atoms with Gasteiger partial charge in [0.2, 0.25) is 0 Å². The Hall–Kier alpha value is -2.64. The summed E-state index contributed by atoms with van der Waals surface area (Å²) < 4.78 is 27.4. The topological polar surface area (TPSA) is 75.3 Å². The molecule has 1 unspecified atom stereocenters. The van der Waals surface area contributed by atoms with E-state index in [1.54, 1.807) is 41.8 Å². The van der Waals surface area contributed by atoms with Crippen LogP contribution in [0.25, 0.3) is 0 Å². The summed E-state index contributed by atoms with van der Waals surface area (Å²) >= 11 is 1.16. The van der Waals surface area contributed by atoms with Crippen LogP contribution in [-0.2, 0) is 10.0 Å². The van der Waals surface area contributed by atoms with Gasteiger partial charge < -0.3 is 5.32 Å². The zero-order valence-electron chi connectivity index (χ0n) is 15.0. The maximum absolute atomic E-state index is 12.7. The normalized spacial score (nSPS) is 15.0. The highest BCUT2D eigenvalue weighted by atomic mass is 32.2. The molecule has 0 aliphatic heterocycles. The van der Waals surface area contributed by atoms with Crippen molar-refractivity contribution in [2.75, 3.05) is 4.72 Å². The highest BCUT2D eigenvalue weighted by Gasteiger charge is 2.33. The SMILES string of the molecule is O=C(NC(c1ccccc1)C1CC1)c1ccc(NS(=O)(=O)c2cccs2)cc1. The third kappa shape index (κ3) is 4.26. The van der Waals surface area contributed by atoms with Gasteiger partial charge in [0, 0.05) is 11.3 Å². The molecule has 2 N–H and O–H groups in total. The van der Waals surface area contributed by atoms with E-state index >= 15 is 0 Å². The second-order valence-corrected chi connectivity index (χ2v) is 9.67. The Morgan fingerprint density at radius 2 is 1.68 bits per heavy atom. The van der Waals surface area contributed by atoms with Gasteiger partial charge in [0.05, 0.1) is 6.04 Å². The van der Waals surface area contributed by atoms with Crippen LogP contribution in [0.4, 0.5) is 5.69 Å². The van der Waals surface area contributed by atoms with Crippen molar-refractivity contribution < 1.29 is 13.2 Å². The van der Waals surface area contributed by atoms with Crippen molar-refractivity contribution in [1.82, 2.24) is 5.32 Å². The molecule has 1 heterocycles. The third-order valence-corrected chi connectivity index (χ3v) is 7.48. The number of amides is 1. The molecule has 7 heteroatoms. The van der Waals surface area contributed by atoms with Gasteiger partial charge in [0.1, 0.15) is 4.21 Å². The van der Waals surface area contributed by atoms with Crippen molar-refractivity contribution in [2.24, 2.45) is 5.92 Å². The molecule has 5 nitrogen and oxygen atoms in total. The van der Waals surface area contributed by atoms with E-state index in [1.807, 2.05) is 30.3 Å². The first-order chi connectivity index (χ1) is 13.5. The fourth-order valence-corrected chi connectivity index (χ4v) is 5.15. The number of carbonyl (C=O) groups is 1. The minimum atomic E-state index is -3.59. The van der Waals surface area contributed by atoms with Crippen LogP contribution in [-0.4, -0.2) is 14.3 Å². The monoisotopic (exact) mass is 412 g/mol. The van der Waals surface area contributed by atoms with Gasteiger partial charge in [-0.05, 0) is 60.0 Å². The van der Waals surface area contributed by atoms with Gasteiger partial charge in [-0.3, -0.25) is 9.52 Å². The first-order valence-electron chi connectivity index (χ1n) is 9.05. The Morgan fingerprint density at radius 1 is 0.964 bits per heavy atom. The molecule has 1 aliphatic rings. The van der Waals surface area contributed by atoms with Crippen LogP contribution < -0.4 is 10.0 Å². The first kappa shape index (κ1) is 18.7. The average Bonchev–Trinajstić information content (AvgIpc) is 3.38. The molecule has 3 aromatic rings. The molecule has 1 atom stereocenters. The van der Waals surface area contributed by atoms with Gasteiger partial charge in [-0.2, -0.15) is 0 Å². The van der Waals surface area contributed by atoms with Crippen LogP contribution in [0, 0.1) is 5.92 Å². The maximum Gasteiger partial charge on any atom is 0.271 e. The number of anilines is 1. The minimum Gasteiger partial charge on any atom is -0.345 e. The highest BCUT2D eigenvalue weighted by Crippen LogP contribution is 2.41. The van der Waals surface area contributed by atoms with Gasteiger partial charge in [-0.15, -0.1) is 11.3 Å². The summed E-state index contributed by atoms with van der Waals surface area (Å²) in [5, 5.41) is 4.84. The molecule has 144 valence electrons. The lowest BCUT2D eigenvalue weighted by Gasteiger charge is -2.19. The fourth-order valence-electron chi connectivity index (χ4n) is 3.10. The van der Waals surface area contributed by atoms with Gasteiger partial charge in [-0.1, -0.05) is 36.4 Å². The van der Waals surface area contributed by atoms with Crippen molar-refractivity contribution in [1.29, 1.82) is 0 Å².